The summed E-state index contributed by atoms with van der Waals surface area (Å²) >= 11 is 0. The minimum atomic E-state index is -0.498. The van der Waals surface area contributed by atoms with Crippen molar-refractivity contribution < 1.29 is 13.9 Å². The number of amides is 1. The SMILES string of the molecule is COc1ccc(F)cc1C(=O)NCc1ccc(-c2nn(C3CCN(C4CCNCC4)CC3)c3ncnc(N)c23)cc1. The molecule has 0 unspecified atom stereocenters. The fraction of sp³-hybridized carbons (Fsp3) is 0.400. The first kappa shape index (κ1) is 27.1. The van der Waals surface area contributed by atoms with Crippen molar-refractivity contribution >= 4 is 22.8 Å². The van der Waals surface area contributed by atoms with Crippen LogP contribution in [0.15, 0.2) is 48.8 Å². The number of benzene rings is 2. The van der Waals surface area contributed by atoms with E-state index < -0.39 is 11.7 Å². The molecule has 2 aromatic carbocycles. The Morgan fingerprint density at radius 1 is 1.07 bits per heavy atom. The van der Waals surface area contributed by atoms with Crippen LogP contribution in [0.5, 0.6) is 5.75 Å². The van der Waals surface area contributed by atoms with Crippen molar-refractivity contribution in [1.82, 2.24) is 35.3 Å². The summed E-state index contributed by atoms with van der Waals surface area (Å²) in [6, 6.07) is 12.6. The number of hydrogen-bond acceptors (Lipinski definition) is 8. The molecule has 0 spiro atoms. The fourth-order valence-electron chi connectivity index (χ4n) is 6.04. The van der Waals surface area contributed by atoms with Gasteiger partial charge < -0.3 is 26.0 Å². The molecule has 2 fully saturated rings. The van der Waals surface area contributed by atoms with Gasteiger partial charge in [0, 0.05) is 31.2 Å². The number of nitrogens with two attached hydrogens (primary N) is 1. The molecule has 2 aliphatic rings. The number of carbonyl (C=O) groups excluding carboxylic acids is 1. The van der Waals surface area contributed by atoms with Crippen LogP contribution in [0.3, 0.4) is 0 Å². The lowest BCUT2D eigenvalue weighted by molar-refractivity contribution is 0.0947. The average Bonchev–Trinajstić information content (AvgIpc) is 3.41. The van der Waals surface area contributed by atoms with E-state index in [1.807, 2.05) is 28.9 Å². The number of likely N-dealkylation sites (tertiary alicyclic amines) is 1. The highest BCUT2D eigenvalue weighted by Gasteiger charge is 2.29. The molecule has 11 heteroatoms. The number of hydrogen-bond donors (Lipinski definition) is 3. The molecule has 4 aromatic rings. The van der Waals surface area contributed by atoms with Gasteiger partial charge in [-0.05, 0) is 62.5 Å². The number of fused-ring (bicyclic) bond motifs is 1. The van der Waals surface area contributed by atoms with Gasteiger partial charge in [-0.1, -0.05) is 24.3 Å². The lowest BCUT2D eigenvalue weighted by Crippen LogP contribution is -2.46. The fourth-order valence-corrected chi connectivity index (χ4v) is 6.04. The van der Waals surface area contributed by atoms with Gasteiger partial charge in [-0.15, -0.1) is 0 Å². The minimum Gasteiger partial charge on any atom is -0.496 e. The van der Waals surface area contributed by atoms with Gasteiger partial charge >= 0.3 is 0 Å². The lowest BCUT2D eigenvalue weighted by Gasteiger charge is -2.39. The second-order valence-electron chi connectivity index (χ2n) is 10.7. The van der Waals surface area contributed by atoms with E-state index in [1.165, 1.54) is 44.5 Å². The number of halogens is 1. The highest BCUT2D eigenvalue weighted by molar-refractivity contribution is 5.98. The van der Waals surface area contributed by atoms with E-state index in [2.05, 4.69) is 25.5 Å². The molecule has 4 heterocycles. The lowest BCUT2D eigenvalue weighted by atomic mass is 9.99. The predicted octanol–water partition coefficient (Wildman–Crippen LogP) is 3.54. The van der Waals surface area contributed by atoms with Gasteiger partial charge in [-0.2, -0.15) is 5.10 Å². The summed E-state index contributed by atoms with van der Waals surface area (Å²) in [6.45, 7) is 4.57. The Bertz CT molecular complexity index is 1530. The summed E-state index contributed by atoms with van der Waals surface area (Å²) < 4.78 is 20.9. The maximum atomic E-state index is 13.7. The minimum absolute atomic E-state index is 0.151. The number of nitrogen functional groups attached to an aromatic ring is 1. The van der Waals surface area contributed by atoms with Crippen molar-refractivity contribution in [3.8, 4) is 17.0 Å². The zero-order valence-corrected chi connectivity index (χ0v) is 23.1. The number of nitrogens with one attached hydrogen (secondary N) is 2. The smallest absolute Gasteiger partial charge is 0.255 e. The average molecular weight is 559 g/mol. The van der Waals surface area contributed by atoms with Gasteiger partial charge in [0.2, 0.25) is 0 Å². The Hall–Kier alpha value is -4.09. The first-order valence-corrected chi connectivity index (χ1v) is 14.2. The number of piperidine rings is 2. The summed E-state index contributed by atoms with van der Waals surface area (Å²) in [4.78, 5) is 24.2. The second-order valence-corrected chi connectivity index (χ2v) is 10.7. The van der Waals surface area contributed by atoms with Gasteiger partial charge in [0.05, 0.1) is 24.1 Å². The highest BCUT2D eigenvalue weighted by atomic mass is 19.1. The Labute approximate surface area is 238 Å². The van der Waals surface area contributed by atoms with Crippen LogP contribution >= 0.6 is 0 Å². The number of nitrogens with zero attached hydrogens (tertiary/aromatic N) is 5. The van der Waals surface area contributed by atoms with Crippen LogP contribution < -0.4 is 21.1 Å². The molecule has 4 N–H and O–H groups in total. The van der Waals surface area contributed by atoms with Crippen molar-refractivity contribution in [2.24, 2.45) is 0 Å². The number of aromatic nitrogens is 4. The second kappa shape index (κ2) is 11.8. The summed E-state index contributed by atoms with van der Waals surface area (Å²) in [6.07, 6.45) is 5.95. The summed E-state index contributed by atoms with van der Waals surface area (Å²) in [5, 5.41) is 12.1. The van der Waals surface area contributed by atoms with Crippen LogP contribution in [-0.4, -0.2) is 69.9 Å². The third-order valence-corrected chi connectivity index (χ3v) is 8.27. The van der Waals surface area contributed by atoms with Crippen molar-refractivity contribution in [2.75, 3.05) is 39.0 Å². The third-order valence-electron chi connectivity index (χ3n) is 8.27. The van der Waals surface area contributed by atoms with Crippen LogP contribution in [0.1, 0.15) is 47.6 Å². The first-order valence-electron chi connectivity index (χ1n) is 14.2. The molecule has 10 nitrogen and oxygen atoms in total. The molecule has 2 saturated heterocycles. The van der Waals surface area contributed by atoms with E-state index in [0.717, 1.165) is 66.9 Å². The molecule has 2 aliphatic heterocycles. The zero-order valence-electron chi connectivity index (χ0n) is 23.1. The van der Waals surface area contributed by atoms with Crippen LogP contribution in [0.2, 0.25) is 0 Å². The van der Waals surface area contributed by atoms with Gasteiger partial charge in [0.1, 0.15) is 29.4 Å². The predicted molar refractivity (Wildman–Crippen MR) is 155 cm³/mol. The van der Waals surface area contributed by atoms with Gasteiger partial charge in [0.25, 0.3) is 5.91 Å². The molecule has 0 bridgehead atoms. The van der Waals surface area contributed by atoms with Gasteiger partial charge in [-0.3, -0.25) is 4.79 Å². The van der Waals surface area contributed by atoms with Crippen LogP contribution in [0, 0.1) is 5.82 Å². The van der Waals surface area contributed by atoms with E-state index >= 15 is 0 Å². The maximum absolute atomic E-state index is 13.7. The van der Waals surface area contributed by atoms with E-state index in [1.54, 1.807) is 0 Å². The first-order chi connectivity index (χ1) is 20.0. The Morgan fingerprint density at radius 2 is 1.83 bits per heavy atom. The number of carbonyl (C=O) groups is 1. The topological polar surface area (TPSA) is 123 Å². The maximum Gasteiger partial charge on any atom is 0.255 e. The summed E-state index contributed by atoms with van der Waals surface area (Å²) in [5.41, 5.74) is 9.79. The molecule has 0 saturated carbocycles. The van der Waals surface area contributed by atoms with Crippen molar-refractivity contribution in [1.29, 1.82) is 0 Å². The van der Waals surface area contributed by atoms with E-state index in [0.29, 0.717) is 17.6 Å². The molecule has 0 radical (unpaired) electrons. The number of anilines is 1. The quantitative estimate of drug-likeness (QED) is 0.315. The number of rotatable bonds is 7. The monoisotopic (exact) mass is 558 g/mol. The highest BCUT2D eigenvalue weighted by Crippen LogP contribution is 2.35. The molecule has 214 valence electrons. The summed E-state index contributed by atoms with van der Waals surface area (Å²) in [5.74, 6) is -0.184. The third kappa shape index (κ3) is 5.59. The molecule has 41 heavy (non-hydrogen) atoms. The summed E-state index contributed by atoms with van der Waals surface area (Å²) in [7, 11) is 1.45. The molecular formula is C30H35FN8O2. The van der Waals surface area contributed by atoms with Crippen LogP contribution in [-0.2, 0) is 6.54 Å². The van der Waals surface area contributed by atoms with Gasteiger partial charge in [-0.25, -0.2) is 19.0 Å². The Morgan fingerprint density at radius 3 is 2.56 bits per heavy atom. The molecule has 0 atom stereocenters. The van der Waals surface area contributed by atoms with Crippen molar-refractivity contribution in [3.63, 3.8) is 0 Å². The van der Waals surface area contributed by atoms with Gasteiger partial charge in [0.15, 0.2) is 5.65 Å². The molecule has 2 aromatic heterocycles. The van der Waals surface area contributed by atoms with Crippen molar-refractivity contribution in [3.05, 3.63) is 65.7 Å². The largest absolute Gasteiger partial charge is 0.496 e. The van der Waals surface area contributed by atoms with E-state index in [4.69, 9.17) is 15.6 Å². The number of methoxy groups -OCH3 is 1. The molecule has 1 amide bonds. The Kier molecular flexibility index (Phi) is 7.80. The van der Waals surface area contributed by atoms with E-state index in [9.17, 15) is 9.18 Å². The number of ether oxygens (including phenoxy) is 1. The Balaban J connectivity index is 1.18. The zero-order chi connectivity index (χ0) is 28.3. The molecule has 6 rings (SSSR count). The van der Waals surface area contributed by atoms with Crippen molar-refractivity contribution in [2.45, 2.75) is 44.3 Å². The molecule has 0 aliphatic carbocycles. The standard InChI is InChI=1S/C30H35FN8O2/c1-41-25-7-6-21(31)16-24(25)30(40)34-17-19-2-4-20(5-3-19)27-26-28(32)35-18-36-29(26)39(37-27)23-10-14-38(15-11-23)22-8-12-33-13-9-22/h2-7,16,18,22-23,33H,8-15,17H2,1H3,(H,34,40)(H2,32,35,36). The normalized spacial score (nSPS) is 17.1. The van der Waals surface area contributed by atoms with Crippen LogP contribution in [0.4, 0.5) is 10.2 Å². The molecular weight excluding hydrogens is 523 g/mol. The van der Waals surface area contributed by atoms with Crippen LogP contribution in [0.25, 0.3) is 22.3 Å². The van der Waals surface area contributed by atoms with E-state index in [-0.39, 0.29) is 18.2 Å².